The summed E-state index contributed by atoms with van der Waals surface area (Å²) in [5.41, 5.74) is -0.328. The fourth-order valence-electron chi connectivity index (χ4n) is 1.35. The number of H-pyrrole nitrogens is 1. The third-order valence-electron chi connectivity index (χ3n) is 2.14. The van der Waals surface area contributed by atoms with Crippen LogP contribution >= 0.6 is 0 Å². The normalized spacial score (nSPS) is 12.2. The Morgan fingerprint density at radius 2 is 1.95 bits per heavy atom. The molecular weight excluding hydrogens is 299 g/mol. The van der Waals surface area contributed by atoms with Gasteiger partial charge in [0.2, 0.25) is 0 Å². The molecule has 0 unspecified atom stereocenters. The molecule has 0 aliphatic rings. The number of ether oxygens (including phenoxy) is 1. The maximum atomic E-state index is 12.2. The number of anilines is 1. The van der Waals surface area contributed by atoms with Crippen LogP contribution < -0.4 is 9.46 Å². The molecule has 0 bridgehead atoms. The van der Waals surface area contributed by atoms with Crippen LogP contribution in [0, 0.1) is 0 Å². The van der Waals surface area contributed by atoms with Gasteiger partial charge in [-0.15, -0.1) is 13.2 Å². The Bertz CT molecular complexity index is 683. The van der Waals surface area contributed by atoms with Crippen molar-refractivity contribution in [3.63, 3.8) is 0 Å². The van der Waals surface area contributed by atoms with Crippen LogP contribution in [0.4, 0.5) is 18.9 Å². The van der Waals surface area contributed by atoms with Gasteiger partial charge in [-0.25, -0.2) is 8.42 Å². The first-order chi connectivity index (χ1) is 9.28. The summed E-state index contributed by atoms with van der Waals surface area (Å²) in [4.78, 5) is -0.209. The average molecular weight is 307 g/mol. The van der Waals surface area contributed by atoms with Gasteiger partial charge in [0, 0.05) is 6.20 Å². The Labute approximate surface area is 111 Å². The summed E-state index contributed by atoms with van der Waals surface area (Å²) in [7, 11) is -4.04. The van der Waals surface area contributed by atoms with Crippen molar-refractivity contribution < 1.29 is 26.3 Å². The third kappa shape index (κ3) is 3.41. The minimum Gasteiger partial charge on any atom is -0.404 e. The van der Waals surface area contributed by atoms with Gasteiger partial charge in [-0.2, -0.15) is 5.10 Å². The van der Waals surface area contributed by atoms with E-state index in [1.807, 2.05) is 4.72 Å². The monoisotopic (exact) mass is 307 g/mol. The predicted molar refractivity (Wildman–Crippen MR) is 62.5 cm³/mol. The van der Waals surface area contributed by atoms with Crippen molar-refractivity contribution in [3.05, 3.63) is 36.7 Å². The van der Waals surface area contributed by atoms with Gasteiger partial charge in [0.25, 0.3) is 10.0 Å². The molecule has 2 N–H and O–H groups in total. The SMILES string of the molecule is O=S(=O)(Nc1ccccc1OC(F)(F)F)c1cn[nH]c1. The zero-order valence-corrected chi connectivity index (χ0v) is 10.5. The van der Waals surface area contributed by atoms with Gasteiger partial charge < -0.3 is 4.74 Å². The van der Waals surface area contributed by atoms with Crippen LogP contribution in [0.2, 0.25) is 0 Å². The van der Waals surface area contributed by atoms with E-state index in [9.17, 15) is 21.6 Å². The number of aromatic amines is 1. The summed E-state index contributed by atoms with van der Waals surface area (Å²) < 4.78 is 66.1. The van der Waals surface area contributed by atoms with Gasteiger partial charge >= 0.3 is 6.36 Å². The molecule has 0 aliphatic heterocycles. The molecule has 0 saturated heterocycles. The molecule has 20 heavy (non-hydrogen) atoms. The molecule has 2 rings (SSSR count). The molecule has 6 nitrogen and oxygen atoms in total. The van der Waals surface area contributed by atoms with Crippen LogP contribution in [-0.4, -0.2) is 25.0 Å². The number of alkyl halides is 3. The lowest BCUT2D eigenvalue weighted by molar-refractivity contribution is -0.274. The minimum absolute atomic E-state index is 0.209. The second-order valence-electron chi connectivity index (χ2n) is 3.58. The van der Waals surface area contributed by atoms with E-state index < -0.39 is 22.1 Å². The molecule has 0 aliphatic carbocycles. The lowest BCUT2D eigenvalue weighted by Crippen LogP contribution is -2.19. The first-order valence-corrected chi connectivity index (χ1v) is 6.63. The number of nitrogens with zero attached hydrogens (tertiary/aromatic N) is 1. The highest BCUT2D eigenvalue weighted by molar-refractivity contribution is 7.92. The Hall–Kier alpha value is -2.23. The zero-order valence-electron chi connectivity index (χ0n) is 9.68. The lowest BCUT2D eigenvalue weighted by atomic mass is 10.3. The number of sulfonamides is 1. The van der Waals surface area contributed by atoms with Gasteiger partial charge in [0.05, 0.1) is 11.9 Å². The number of rotatable bonds is 4. The smallest absolute Gasteiger partial charge is 0.404 e. The number of halogens is 3. The second-order valence-corrected chi connectivity index (χ2v) is 5.27. The standard InChI is InChI=1S/C10H8F3N3O3S/c11-10(12,13)19-9-4-2-1-3-8(9)16-20(17,18)7-5-14-15-6-7/h1-6,16H,(H,14,15). The Kier molecular flexibility index (Phi) is 3.57. The van der Waals surface area contributed by atoms with Crippen LogP contribution in [0.25, 0.3) is 0 Å². The molecule has 2 aromatic rings. The number of benzene rings is 1. The van der Waals surface area contributed by atoms with E-state index in [4.69, 9.17) is 0 Å². The highest BCUT2D eigenvalue weighted by Gasteiger charge is 2.32. The van der Waals surface area contributed by atoms with Gasteiger partial charge in [0.15, 0.2) is 5.75 Å². The molecule has 0 radical (unpaired) electrons. The molecule has 0 atom stereocenters. The van der Waals surface area contributed by atoms with E-state index in [0.29, 0.717) is 0 Å². The summed E-state index contributed by atoms with van der Waals surface area (Å²) in [6, 6.07) is 4.81. The quantitative estimate of drug-likeness (QED) is 0.906. The van der Waals surface area contributed by atoms with Crippen LogP contribution in [0.1, 0.15) is 0 Å². The number of aromatic nitrogens is 2. The third-order valence-corrected chi connectivity index (χ3v) is 3.47. The average Bonchev–Trinajstić information content (AvgIpc) is 2.83. The number of nitrogens with one attached hydrogen (secondary N) is 2. The minimum atomic E-state index is -4.92. The number of hydrogen-bond acceptors (Lipinski definition) is 4. The fourth-order valence-corrected chi connectivity index (χ4v) is 2.33. The van der Waals surface area contributed by atoms with Gasteiger partial charge in [-0.3, -0.25) is 9.82 Å². The van der Waals surface area contributed by atoms with E-state index >= 15 is 0 Å². The zero-order chi connectivity index (χ0) is 14.8. The molecule has 1 aromatic heterocycles. The van der Waals surface area contributed by atoms with E-state index in [0.717, 1.165) is 24.5 Å². The maximum Gasteiger partial charge on any atom is 0.573 e. The predicted octanol–water partition coefficient (Wildman–Crippen LogP) is 2.11. The summed E-state index contributed by atoms with van der Waals surface area (Å²) in [6.07, 6.45) is -2.80. The van der Waals surface area contributed by atoms with Crippen LogP contribution in [-0.2, 0) is 10.0 Å². The van der Waals surface area contributed by atoms with Crippen LogP contribution in [0.5, 0.6) is 5.75 Å². The van der Waals surface area contributed by atoms with E-state index in [2.05, 4.69) is 14.9 Å². The Morgan fingerprint density at radius 1 is 1.25 bits per heavy atom. The van der Waals surface area contributed by atoms with Crippen LogP contribution in [0.15, 0.2) is 41.6 Å². The molecule has 1 heterocycles. The molecule has 108 valence electrons. The van der Waals surface area contributed by atoms with E-state index in [1.165, 1.54) is 12.1 Å². The summed E-state index contributed by atoms with van der Waals surface area (Å²) in [6.45, 7) is 0. The number of hydrogen-bond donors (Lipinski definition) is 2. The van der Waals surface area contributed by atoms with Crippen molar-refractivity contribution in [2.24, 2.45) is 0 Å². The Balaban J connectivity index is 2.31. The highest BCUT2D eigenvalue weighted by atomic mass is 32.2. The van der Waals surface area contributed by atoms with Crippen LogP contribution in [0.3, 0.4) is 0 Å². The fraction of sp³-hybridized carbons (Fsp3) is 0.100. The molecule has 1 aromatic carbocycles. The molecule has 0 spiro atoms. The first kappa shape index (κ1) is 14.2. The van der Waals surface area contributed by atoms with Gasteiger partial charge in [-0.05, 0) is 12.1 Å². The lowest BCUT2D eigenvalue weighted by Gasteiger charge is -2.14. The van der Waals surface area contributed by atoms with E-state index in [1.54, 1.807) is 0 Å². The number of para-hydroxylation sites is 2. The van der Waals surface area contributed by atoms with Gasteiger partial charge in [0.1, 0.15) is 4.90 Å². The van der Waals surface area contributed by atoms with Crippen molar-refractivity contribution in [2.75, 3.05) is 4.72 Å². The highest BCUT2D eigenvalue weighted by Crippen LogP contribution is 2.31. The summed E-state index contributed by atoms with van der Waals surface area (Å²) in [5.74, 6) is -0.646. The summed E-state index contributed by atoms with van der Waals surface area (Å²) in [5, 5.41) is 5.75. The Morgan fingerprint density at radius 3 is 2.55 bits per heavy atom. The van der Waals surface area contributed by atoms with E-state index in [-0.39, 0.29) is 10.6 Å². The molecule has 10 heteroatoms. The van der Waals surface area contributed by atoms with Crippen molar-refractivity contribution >= 4 is 15.7 Å². The van der Waals surface area contributed by atoms with Gasteiger partial charge in [-0.1, -0.05) is 12.1 Å². The van der Waals surface area contributed by atoms with Crippen molar-refractivity contribution in [1.29, 1.82) is 0 Å². The molecule has 0 amide bonds. The second kappa shape index (κ2) is 5.04. The van der Waals surface area contributed by atoms with Crippen molar-refractivity contribution in [1.82, 2.24) is 10.2 Å². The largest absolute Gasteiger partial charge is 0.573 e. The van der Waals surface area contributed by atoms with Crippen molar-refractivity contribution in [3.8, 4) is 5.75 Å². The summed E-state index contributed by atoms with van der Waals surface area (Å²) >= 11 is 0. The first-order valence-electron chi connectivity index (χ1n) is 5.14. The van der Waals surface area contributed by atoms with Crippen molar-refractivity contribution in [2.45, 2.75) is 11.3 Å². The topological polar surface area (TPSA) is 84.1 Å². The molecule has 0 fully saturated rings. The molecule has 0 saturated carbocycles. The molecular formula is C10H8F3N3O3S. The maximum absolute atomic E-state index is 12.2.